The summed E-state index contributed by atoms with van der Waals surface area (Å²) in [5.41, 5.74) is 0.458. The number of hydrogen-bond donors (Lipinski definition) is 1. The molecule has 0 aromatic heterocycles. The number of nitrogens with one attached hydrogen (secondary N) is 1. The quantitative estimate of drug-likeness (QED) is 0.883. The maximum absolute atomic E-state index is 12.9. The molecule has 5 nitrogen and oxygen atoms in total. The average Bonchev–Trinajstić information content (AvgIpc) is 3.35. The van der Waals surface area contributed by atoms with Gasteiger partial charge in [0.15, 0.2) is 0 Å². The molecule has 1 saturated carbocycles. The summed E-state index contributed by atoms with van der Waals surface area (Å²) in [7, 11) is -0.787. The van der Waals surface area contributed by atoms with Crippen molar-refractivity contribution in [2.45, 2.75) is 23.3 Å². The van der Waals surface area contributed by atoms with Gasteiger partial charge in [-0.2, -0.15) is 0 Å². The van der Waals surface area contributed by atoms with Crippen molar-refractivity contribution in [2.75, 3.05) is 14.2 Å². The highest BCUT2D eigenvalue weighted by Crippen LogP contribution is 2.47. The minimum atomic E-state index is -3.73. The number of benzene rings is 2. The molecule has 0 amide bonds. The molecule has 0 spiro atoms. The van der Waals surface area contributed by atoms with E-state index >= 15 is 0 Å². The van der Waals surface area contributed by atoms with E-state index in [0.29, 0.717) is 11.5 Å². The van der Waals surface area contributed by atoms with Crippen molar-refractivity contribution in [1.29, 1.82) is 0 Å². The van der Waals surface area contributed by atoms with Crippen molar-refractivity contribution < 1.29 is 17.9 Å². The summed E-state index contributed by atoms with van der Waals surface area (Å²) in [6.07, 6.45) is 1.56. The van der Waals surface area contributed by atoms with E-state index in [-0.39, 0.29) is 4.90 Å². The molecule has 1 aliphatic rings. The summed E-state index contributed by atoms with van der Waals surface area (Å²) in [4.78, 5) is 0.0848. The van der Waals surface area contributed by atoms with Gasteiger partial charge in [-0.15, -0.1) is 0 Å². The van der Waals surface area contributed by atoms with Crippen LogP contribution in [0.4, 0.5) is 0 Å². The van der Waals surface area contributed by atoms with Crippen LogP contribution in [-0.2, 0) is 15.6 Å². The molecule has 122 valence electrons. The largest absolute Gasteiger partial charge is 0.497 e. The van der Waals surface area contributed by atoms with Crippen LogP contribution in [0.2, 0.25) is 0 Å². The van der Waals surface area contributed by atoms with Gasteiger partial charge in [0.1, 0.15) is 16.4 Å². The maximum atomic E-state index is 12.9. The van der Waals surface area contributed by atoms with E-state index in [2.05, 4.69) is 4.72 Å². The summed E-state index contributed by atoms with van der Waals surface area (Å²) < 4.78 is 38.9. The normalized spacial score (nSPS) is 15.9. The predicted molar refractivity (Wildman–Crippen MR) is 87.2 cm³/mol. The van der Waals surface area contributed by atoms with Crippen LogP contribution in [0.15, 0.2) is 53.4 Å². The van der Waals surface area contributed by atoms with Gasteiger partial charge in [-0.3, -0.25) is 0 Å². The number of ether oxygens (including phenoxy) is 2. The molecule has 0 unspecified atom stereocenters. The SMILES string of the molecule is COc1ccc(OC)c(S(=O)(=O)NC2(c3ccccc3)CC2)c1. The van der Waals surface area contributed by atoms with Crippen LogP contribution in [-0.4, -0.2) is 22.6 Å². The summed E-state index contributed by atoms with van der Waals surface area (Å²) in [6, 6.07) is 14.4. The molecule has 2 aromatic rings. The Morgan fingerprint density at radius 2 is 1.70 bits per heavy atom. The molecule has 0 aliphatic heterocycles. The minimum absolute atomic E-state index is 0.0848. The summed E-state index contributed by atoms with van der Waals surface area (Å²) >= 11 is 0. The fraction of sp³-hybridized carbons (Fsp3) is 0.294. The van der Waals surface area contributed by atoms with Gasteiger partial charge in [-0.05, 0) is 30.5 Å². The van der Waals surface area contributed by atoms with E-state index in [1.807, 2.05) is 30.3 Å². The van der Waals surface area contributed by atoms with Crippen molar-refractivity contribution in [3.8, 4) is 11.5 Å². The molecule has 1 aliphatic carbocycles. The topological polar surface area (TPSA) is 64.6 Å². The third-order valence-electron chi connectivity index (χ3n) is 4.07. The molecule has 0 heterocycles. The van der Waals surface area contributed by atoms with Crippen LogP contribution in [0.25, 0.3) is 0 Å². The van der Waals surface area contributed by atoms with Gasteiger partial charge in [0.2, 0.25) is 10.0 Å². The van der Waals surface area contributed by atoms with Crippen LogP contribution in [0.3, 0.4) is 0 Å². The molecule has 0 saturated heterocycles. The molecule has 0 atom stereocenters. The lowest BCUT2D eigenvalue weighted by molar-refractivity contribution is 0.391. The fourth-order valence-corrected chi connectivity index (χ4v) is 4.27. The zero-order valence-electron chi connectivity index (χ0n) is 13.1. The Kier molecular flexibility index (Phi) is 4.04. The Morgan fingerprint density at radius 3 is 2.26 bits per heavy atom. The number of rotatable bonds is 6. The van der Waals surface area contributed by atoms with Crippen LogP contribution in [0, 0.1) is 0 Å². The molecule has 3 rings (SSSR count). The third-order valence-corrected chi connectivity index (χ3v) is 5.62. The first-order chi connectivity index (χ1) is 11.0. The van der Waals surface area contributed by atoms with E-state index in [9.17, 15) is 8.42 Å². The third kappa shape index (κ3) is 3.04. The molecular formula is C17H19NO4S. The highest BCUT2D eigenvalue weighted by molar-refractivity contribution is 7.89. The smallest absolute Gasteiger partial charge is 0.245 e. The van der Waals surface area contributed by atoms with Gasteiger partial charge in [0.25, 0.3) is 0 Å². The molecule has 1 N–H and O–H groups in total. The first-order valence-electron chi connectivity index (χ1n) is 7.32. The van der Waals surface area contributed by atoms with Gasteiger partial charge < -0.3 is 9.47 Å². The number of methoxy groups -OCH3 is 2. The van der Waals surface area contributed by atoms with Gasteiger partial charge in [0, 0.05) is 6.07 Å². The Morgan fingerprint density at radius 1 is 1.00 bits per heavy atom. The zero-order valence-corrected chi connectivity index (χ0v) is 13.9. The summed E-state index contributed by atoms with van der Waals surface area (Å²) in [5.74, 6) is 0.762. The Bertz CT molecular complexity index is 799. The van der Waals surface area contributed by atoms with Crippen LogP contribution in [0.5, 0.6) is 11.5 Å². The lowest BCUT2D eigenvalue weighted by atomic mass is 10.1. The van der Waals surface area contributed by atoms with E-state index in [1.165, 1.54) is 20.3 Å². The number of hydrogen-bond acceptors (Lipinski definition) is 4. The van der Waals surface area contributed by atoms with Crippen molar-refractivity contribution in [3.05, 3.63) is 54.1 Å². The lowest BCUT2D eigenvalue weighted by Gasteiger charge is -2.19. The second-order valence-electron chi connectivity index (χ2n) is 5.57. The highest BCUT2D eigenvalue weighted by atomic mass is 32.2. The molecule has 23 heavy (non-hydrogen) atoms. The minimum Gasteiger partial charge on any atom is -0.497 e. The fourth-order valence-electron chi connectivity index (χ4n) is 2.64. The van der Waals surface area contributed by atoms with Crippen LogP contribution < -0.4 is 14.2 Å². The monoisotopic (exact) mass is 333 g/mol. The van der Waals surface area contributed by atoms with E-state index in [0.717, 1.165) is 18.4 Å². The standard InChI is InChI=1S/C17H19NO4S/c1-21-14-8-9-15(22-2)16(12-14)23(19,20)18-17(10-11-17)13-6-4-3-5-7-13/h3-9,12,18H,10-11H2,1-2H3. The van der Waals surface area contributed by atoms with Gasteiger partial charge in [-0.25, -0.2) is 13.1 Å². The zero-order chi connectivity index (χ0) is 16.5. The van der Waals surface area contributed by atoms with Gasteiger partial charge >= 0.3 is 0 Å². The van der Waals surface area contributed by atoms with Gasteiger partial charge in [0.05, 0.1) is 19.8 Å². The molecular weight excluding hydrogens is 314 g/mol. The second-order valence-corrected chi connectivity index (χ2v) is 7.22. The van der Waals surface area contributed by atoms with Crippen molar-refractivity contribution >= 4 is 10.0 Å². The predicted octanol–water partition coefficient (Wildman–Crippen LogP) is 2.67. The Balaban J connectivity index is 1.97. The van der Waals surface area contributed by atoms with Crippen LogP contribution >= 0.6 is 0 Å². The van der Waals surface area contributed by atoms with Crippen molar-refractivity contribution in [3.63, 3.8) is 0 Å². The highest BCUT2D eigenvalue weighted by Gasteiger charge is 2.47. The maximum Gasteiger partial charge on any atom is 0.245 e. The first-order valence-corrected chi connectivity index (χ1v) is 8.81. The average molecular weight is 333 g/mol. The molecule has 1 fully saturated rings. The van der Waals surface area contributed by atoms with Crippen molar-refractivity contribution in [1.82, 2.24) is 4.72 Å². The van der Waals surface area contributed by atoms with E-state index in [1.54, 1.807) is 12.1 Å². The molecule has 2 aromatic carbocycles. The first kappa shape index (κ1) is 15.8. The second kappa shape index (κ2) is 5.86. The number of sulfonamides is 1. The van der Waals surface area contributed by atoms with Gasteiger partial charge in [-0.1, -0.05) is 30.3 Å². The van der Waals surface area contributed by atoms with E-state index < -0.39 is 15.6 Å². The molecule has 0 bridgehead atoms. The molecule has 0 radical (unpaired) electrons. The summed E-state index contributed by atoms with van der Waals surface area (Å²) in [6.45, 7) is 0. The Hall–Kier alpha value is -2.05. The Labute approximate surface area is 136 Å². The summed E-state index contributed by atoms with van der Waals surface area (Å²) in [5, 5.41) is 0. The van der Waals surface area contributed by atoms with Crippen molar-refractivity contribution in [2.24, 2.45) is 0 Å². The lowest BCUT2D eigenvalue weighted by Crippen LogP contribution is -2.35. The molecule has 6 heteroatoms. The van der Waals surface area contributed by atoms with E-state index in [4.69, 9.17) is 9.47 Å². The van der Waals surface area contributed by atoms with Crippen LogP contribution in [0.1, 0.15) is 18.4 Å².